The lowest BCUT2D eigenvalue weighted by atomic mass is 10.1. The number of H-pyrrole nitrogens is 2. The highest BCUT2D eigenvalue weighted by Crippen LogP contribution is 2.22. The van der Waals surface area contributed by atoms with Crippen molar-refractivity contribution in [3.63, 3.8) is 0 Å². The van der Waals surface area contributed by atoms with Crippen LogP contribution in [0.2, 0.25) is 0 Å². The Bertz CT molecular complexity index is 1050. The second kappa shape index (κ2) is 12.8. The van der Waals surface area contributed by atoms with Crippen molar-refractivity contribution in [1.29, 1.82) is 0 Å². The van der Waals surface area contributed by atoms with Crippen LogP contribution in [-0.2, 0) is 23.1 Å². The van der Waals surface area contributed by atoms with Crippen molar-refractivity contribution in [3.05, 3.63) is 66.3 Å². The van der Waals surface area contributed by atoms with Gasteiger partial charge in [-0.05, 0) is 56.5 Å². The zero-order valence-corrected chi connectivity index (χ0v) is 21.1. The van der Waals surface area contributed by atoms with Gasteiger partial charge in [0, 0.05) is 37.9 Å². The molecule has 0 saturated heterocycles. The lowest BCUT2D eigenvalue weighted by Gasteiger charge is -2.27. The molecule has 186 valence electrons. The van der Waals surface area contributed by atoms with Gasteiger partial charge in [-0.1, -0.05) is 26.0 Å². The summed E-state index contributed by atoms with van der Waals surface area (Å²) in [7, 11) is -3.52. The summed E-state index contributed by atoms with van der Waals surface area (Å²) in [5.74, 6) is 2.35. The fraction of sp³-hybridized carbons (Fsp3) is 0.500. The van der Waals surface area contributed by atoms with Crippen LogP contribution < -0.4 is 10.0 Å². The fourth-order valence-corrected chi connectivity index (χ4v) is 4.72. The number of nitrogens with zero attached hydrogens (tertiary/aromatic N) is 3. The number of aromatic amines is 2. The van der Waals surface area contributed by atoms with E-state index in [0.717, 1.165) is 43.1 Å². The number of rotatable bonds is 15. The highest BCUT2D eigenvalue weighted by atomic mass is 32.2. The fourth-order valence-electron chi connectivity index (χ4n) is 3.65. The summed E-state index contributed by atoms with van der Waals surface area (Å²) in [4.78, 5) is 17.6. The van der Waals surface area contributed by atoms with E-state index in [1.165, 1.54) is 0 Å². The van der Waals surface area contributed by atoms with Crippen molar-refractivity contribution < 1.29 is 8.42 Å². The van der Waals surface area contributed by atoms with E-state index in [0.29, 0.717) is 25.6 Å². The van der Waals surface area contributed by atoms with Gasteiger partial charge in [0.25, 0.3) is 0 Å². The molecular formula is C24H37N7O2S. The molecule has 0 amide bonds. The van der Waals surface area contributed by atoms with Gasteiger partial charge in [-0.15, -0.1) is 0 Å². The van der Waals surface area contributed by atoms with Crippen LogP contribution in [0.4, 0.5) is 0 Å². The van der Waals surface area contributed by atoms with Crippen LogP contribution in [0.5, 0.6) is 0 Å². The van der Waals surface area contributed by atoms with E-state index in [-0.39, 0.29) is 10.9 Å². The molecule has 1 unspecified atom stereocenters. The summed E-state index contributed by atoms with van der Waals surface area (Å²) in [6.45, 7) is 9.98. The van der Waals surface area contributed by atoms with E-state index in [9.17, 15) is 8.42 Å². The van der Waals surface area contributed by atoms with E-state index in [2.05, 4.69) is 55.6 Å². The smallest absolute Gasteiger partial charge is 0.240 e. The number of nitrogens with one attached hydrogen (secondary N) is 4. The predicted octanol–water partition coefficient (Wildman–Crippen LogP) is 3.20. The van der Waals surface area contributed by atoms with Crippen molar-refractivity contribution in [3.8, 4) is 0 Å². The Morgan fingerprint density at radius 2 is 1.65 bits per heavy atom. The molecule has 0 saturated carbocycles. The highest BCUT2D eigenvalue weighted by Gasteiger charge is 2.20. The van der Waals surface area contributed by atoms with E-state index >= 15 is 0 Å². The van der Waals surface area contributed by atoms with Crippen LogP contribution >= 0.6 is 0 Å². The molecular weight excluding hydrogens is 450 g/mol. The second-order valence-electron chi connectivity index (χ2n) is 8.94. The third kappa shape index (κ3) is 8.05. The molecule has 0 aliphatic carbocycles. The summed E-state index contributed by atoms with van der Waals surface area (Å²) in [6.07, 6.45) is 8.83. The summed E-state index contributed by atoms with van der Waals surface area (Å²) >= 11 is 0. The molecule has 0 aliphatic heterocycles. The van der Waals surface area contributed by atoms with Crippen molar-refractivity contribution in [1.82, 2.24) is 34.9 Å². The van der Waals surface area contributed by atoms with Gasteiger partial charge in [-0.25, -0.2) is 23.1 Å². The van der Waals surface area contributed by atoms with Crippen molar-refractivity contribution in [2.24, 2.45) is 5.92 Å². The molecule has 2 aromatic heterocycles. The van der Waals surface area contributed by atoms with E-state index < -0.39 is 10.0 Å². The minimum atomic E-state index is -3.52. The first-order valence-electron chi connectivity index (χ1n) is 11.9. The lowest BCUT2D eigenvalue weighted by molar-refractivity contribution is 0.181. The summed E-state index contributed by atoms with van der Waals surface area (Å²) in [5.41, 5.74) is 1.01. The molecule has 0 spiro atoms. The second-order valence-corrected chi connectivity index (χ2v) is 10.7. The first-order valence-corrected chi connectivity index (χ1v) is 13.3. The minimum absolute atomic E-state index is 0.0280. The van der Waals surface area contributed by atoms with E-state index in [4.69, 9.17) is 0 Å². The van der Waals surface area contributed by atoms with Gasteiger partial charge in [-0.3, -0.25) is 4.90 Å². The molecule has 1 aromatic carbocycles. The number of hydrogen-bond acceptors (Lipinski definition) is 6. The Morgan fingerprint density at radius 1 is 0.941 bits per heavy atom. The number of sulfonamides is 1. The third-order valence-corrected chi connectivity index (χ3v) is 7.09. The Hall–Kier alpha value is -2.53. The first-order chi connectivity index (χ1) is 16.3. The minimum Gasteiger partial charge on any atom is -0.348 e. The largest absolute Gasteiger partial charge is 0.348 e. The zero-order chi connectivity index (χ0) is 24.4. The molecule has 0 radical (unpaired) electrons. The molecule has 4 N–H and O–H groups in total. The maximum Gasteiger partial charge on any atom is 0.240 e. The molecule has 34 heavy (non-hydrogen) atoms. The Morgan fingerprint density at radius 3 is 2.29 bits per heavy atom. The number of benzene rings is 1. The third-order valence-electron chi connectivity index (χ3n) is 5.61. The van der Waals surface area contributed by atoms with Gasteiger partial charge in [-0.2, -0.15) is 0 Å². The van der Waals surface area contributed by atoms with Gasteiger partial charge < -0.3 is 15.3 Å². The monoisotopic (exact) mass is 487 g/mol. The highest BCUT2D eigenvalue weighted by molar-refractivity contribution is 7.89. The summed E-state index contributed by atoms with van der Waals surface area (Å²) in [6, 6.07) is 7.11. The number of aromatic nitrogens is 4. The Balaban J connectivity index is 1.56. The molecule has 0 aliphatic rings. The van der Waals surface area contributed by atoms with Gasteiger partial charge in [0.15, 0.2) is 0 Å². The van der Waals surface area contributed by atoms with Crippen LogP contribution in [0, 0.1) is 5.92 Å². The van der Waals surface area contributed by atoms with Crippen molar-refractivity contribution >= 4 is 10.0 Å². The standard InChI is InChI=1S/C24H37N7O2S/c1-19(2)16-25-10-4-5-11-30-34(32,33)22-8-6-21(7-9-22)17-31(18-23-26-12-13-27-23)20(3)24-28-14-15-29-24/h6-9,12-15,19-20,25,30H,4-5,10-11,16-18H2,1-3H3,(H,26,27)(H,28,29). The van der Waals surface area contributed by atoms with E-state index in [1.807, 2.05) is 18.3 Å². The van der Waals surface area contributed by atoms with Crippen LogP contribution in [0.15, 0.2) is 53.9 Å². The van der Waals surface area contributed by atoms with Crippen molar-refractivity contribution in [2.45, 2.75) is 57.6 Å². The quantitative estimate of drug-likeness (QED) is 0.245. The molecule has 3 aromatic rings. The lowest BCUT2D eigenvalue weighted by Crippen LogP contribution is -2.28. The van der Waals surface area contributed by atoms with Crippen LogP contribution in [0.3, 0.4) is 0 Å². The van der Waals surface area contributed by atoms with Gasteiger partial charge in [0.2, 0.25) is 10.0 Å². The Labute approximate surface area is 202 Å². The first kappa shape index (κ1) is 26.1. The number of unbranched alkanes of at least 4 members (excludes halogenated alkanes) is 1. The molecule has 3 rings (SSSR count). The maximum atomic E-state index is 12.7. The average Bonchev–Trinajstić information content (AvgIpc) is 3.52. The van der Waals surface area contributed by atoms with Crippen LogP contribution in [0.1, 0.15) is 56.9 Å². The van der Waals surface area contributed by atoms with Crippen molar-refractivity contribution in [2.75, 3.05) is 19.6 Å². The number of hydrogen-bond donors (Lipinski definition) is 4. The molecule has 1 atom stereocenters. The average molecular weight is 488 g/mol. The number of imidazole rings is 2. The molecule has 0 bridgehead atoms. The van der Waals surface area contributed by atoms with Crippen LogP contribution in [0.25, 0.3) is 0 Å². The Kier molecular flexibility index (Phi) is 9.82. The molecule has 2 heterocycles. The molecule has 0 fully saturated rings. The van der Waals surface area contributed by atoms with Gasteiger partial charge >= 0.3 is 0 Å². The summed E-state index contributed by atoms with van der Waals surface area (Å²) < 4.78 is 28.0. The summed E-state index contributed by atoms with van der Waals surface area (Å²) in [5, 5.41) is 3.37. The topological polar surface area (TPSA) is 119 Å². The zero-order valence-electron chi connectivity index (χ0n) is 20.3. The predicted molar refractivity (Wildman–Crippen MR) is 133 cm³/mol. The molecule has 9 nitrogen and oxygen atoms in total. The maximum absolute atomic E-state index is 12.7. The SMILES string of the molecule is CC(C)CNCCCCNS(=O)(=O)c1ccc(CN(Cc2ncc[nH]2)C(C)c2ncc[nH]2)cc1. The normalized spacial score (nSPS) is 13.1. The van der Waals surface area contributed by atoms with Gasteiger partial charge in [0.05, 0.1) is 17.5 Å². The van der Waals surface area contributed by atoms with Crippen LogP contribution in [-0.4, -0.2) is 52.9 Å². The van der Waals surface area contributed by atoms with E-state index in [1.54, 1.807) is 30.7 Å². The van der Waals surface area contributed by atoms with Gasteiger partial charge in [0.1, 0.15) is 11.6 Å². The molecule has 10 heteroatoms.